The van der Waals surface area contributed by atoms with Gasteiger partial charge in [-0.2, -0.15) is 0 Å². The van der Waals surface area contributed by atoms with Crippen molar-refractivity contribution in [1.82, 2.24) is 9.97 Å². The Kier molecular flexibility index (Phi) is 3.61. The molecule has 4 heteroatoms. The molecule has 4 rings (SSSR count). The Bertz CT molecular complexity index is 1050. The van der Waals surface area contributed by atoms with Gasteiger partial charge < -0.3 is 4.74 Å². The molecule has 0 saturated carbocycles. The van der Waals surface area contributed by atoms with Crippen LogP contribution in [0.25, 0.3) is 27.9 Å². The molecule has 0 saturated heterocycles. The number of benzene rings is 2. The molecule has 0 radical (unpaired) electrons. The smallest absolute Gasteiger partial charge is 0.331 e. The summed E-state index contributed by atoms with van der Waals surface area (Å²) in [5, 5.41) is 0. The minimum absolute atomic E-state index is 0.346. The zero-order valence-corrected chi connectivity index (χ0v) is 14.5. The van der Waals surface area contributed by atoms with Crippen LogP contribution in [0.2, 0.25) is 0 Å². The van der Waals surface area contributed by atoms with E-state index in [0.717, 1.165) is 39.1 Å². The molecule has 1 aliphatic rings. The topological polar surface area (TPSA) is 52.1 Å². The van der Waals surface area contributed by atoms with Crippen LogP contribution >= 0.6 is 0 Å². The van der Waals surface area contributed by atoms with Crippen LogP contribution in [0.15, 0.2) is 42.5 Å². The van der Waals surface area contributed by atoms with Gasteiger partial charge in [-0.3, -0.25) is 0 Å². The van der Waals surface area contributed by atoms with Gasteiger partial charge in [0.25, 0.3) is 0 Å². The second-order valence-corrected chi connectivity index (χ2v) is 6.20. The van der Waals surface area contributed by atoms with Crippen molar-refractivity contribution in [2.75, 3.05) is 6.61 Å². The highest BCUT2D eigenvalue weighted by Crippen LogP contribution is 2.42. The van der Waals surface area contributed by atoms with E-state index in [0.29, 0.717) is 6.61 Å². The van der Waals surface area contributed by atoms with Gasteiger partial charge in [0.2, 0.25) is 0 Å². The molecule has 0 bridgehead atoms. The summed E-state index contributed by atoms with van der Waals surface area (Å²) in [7, 11) is 0. The van der Waals surface area contributed by atoms with Gasteiger partial charge in [0.1, 0.15) is 0 Å². The van der Waals surface area contributed by atoms with Gasteiger partial charge in [-0.15, -0.1) is 0 Å². The molecular weight excluding hydrogens is 312 g/mol. The van der Waals surface area contributed by atoms with Crippen molar-refractivity contribution in [3.05, 3.63) is 64.9 Å². The minimum atomic E-state index is -0.359. The fourth-order valence-electron chi connectivity index (χ4n) is 3.19. The molecule has 4 nitrogen and oxygen atoms in total. The summed E-state index contributed by atoms with van der Waals surface area (Å²) in [6, 6.07) is 12.0. The van der Waals surface area contributed by atoms with E-state index in [1.165, 1.54) is 17.2 Å². The van der Waals surface area contributed by atoms with E-state index in [2.05, 4.69) is 19.9 Å². The van der Waals surface area contributed by atoms with Gasteiger partial charge in [0.05, 0.1) is 29.0 Å². The van der Waals surface area contributed by atoms with Crippen LogP contribution in [0.4, 0.5) is 0 Å². The Morgan fingerprint density at radius 1 is 1.00 bits per heavy atom. The number of nitrogens with zero attached hydrogens (tertiary/aromatic N) is 2. The van der Waals surface area contributed by atoms with E-state index in [9.17, 15) is 4.79 Å². The molecule has 0 aliphatic heterocycles. The molecule has 0 amide bonds. The minimum Gasteiger partial charge on any atom is -0.463 e. The normalized spacial score (nSPS) is 13.8. The van der Waals surface area contributed by atoms with E-state index in [1.807, 2.05) is 30.3 Å². The van der Waals surface area contributed by atoms with E-state index in [1.54, 1.807) is 6.92 Å². The number of fused-ring (bicyclic) bond motifs is 4. The number of esters is 1. The number of aromatic nitrogens is 2. The molecule has 0 fully saturated rings. The molecule has 0 spiro atoms. The zero-order valence-electron chi connectivity index (χ0n) is 14.5. The maximum absolute atomic E-state index is 12.0. The molecule has 1 aromatic heterocycles. The number of rotatable bonds is 2. The number of carbonyl (C=O) groups excluding carboxylic acids is 1. The zero-order chi connectivity index (χ0) is 17.6. The van der Waals surface area contributed by atoms with Crippen molar-refractivity contribution in [3.63, 3.8) is 0 Å². The standard InChI is InChI=1S/C21H18N2O2/c1-4-25-19(24)11-16-14-7-5-6-8-15(14)20-21(16)23-18-10-13(3)12(2)9-17(18)22-20/h5-11H,4H2,1-3H3/b16-11-. The molecular formula is C21H18N2O2. The lowest BCUT2D eigenvalue weighted by atomic mass is 10.1. The number of carbonyl (C=O) groups is 1. The van der Waals surface area contributed by atoms with Crippen LogP contribution in [-0.2, 0) is 9.53 Å². The van der Waals surface area contributed by atoms with Gasteiger partial charge in [-0.1, -0.05) is 24.3 Å². The maximum atomic E-state index is 12.0. The highest BCUT2D eigenvalue weighted by molar-refractivity contribution is 6.06. The van der Waals surface area contributed by atoms with E-state index in [-0.39, 0.29) is 5.97 Å². The Labute approximate surface area is 146 Å². The van der Waals surface area contributed by atoms with Crippen molar-refractivity contribution in [3.8, 4) is 11.3 Å². The number of aryl methyl sites for hydroxylation is 2. The van der Waals surface area contributed by atoms with Crippen molar-refractivity contribution in [1.29, 1.82) is 0 Å². The summed E-state index contributed by atoms with van der Waals surface area (Å²) in [4.78, 5) is 21.7. The maximum Gasteiger partial charge on any atom is 0.331 e. The Hall–Kier alpha value is -3.01. The first-order valence-corrected chi connectivity index (χ1v) is 8.36. The first-order chi connectivity index (χ1) is 12.1. The molecule has 0 N–H and O–H groups in total. The third kappa shape index (κ3) is 2.50. The molecule has 1 heterocycles. The van der Waals surface area contributed by atoms with Crippen LogP contribution in [-0.4, -0.2) is 22.5 Å². The van der Waals surface area contributed by atoms with Crippen molar-refractivity contribution >= 4 is 22.6 Å². The molecule has 0 atom stereocenters. The van der Waals surface area contributed by atoms with Gasteiger partial charge >= 0.3 is 5.97 Å². The SMILES string of the molecule is CCOC(=O)/C=C1/c2ccccc2-c2nc3cc(C)c(C)cc3nc21. The first-order valence-electron chi connectivity index (χ1n) is 8.36. The fourth-order valence-corrected chi connectivity index (χ4v) is 3.19. The quantitative estimate of drug-likeness (QED) is 0.408. The number of hydrogen-bond acceptors (Lipinski definition) is 4. The Morgan fingerprint density at radius 2 is 1.60 bits per heavy atom. The lowest BCUT2D eigenvalue weighted by molar-refractivity contribution is -0.137. The monoisotopic (exact) mass is 330 g/mol. The molecule has 0 unspecified atom stereocenters. The molecule has 124 valence electrons. The third-order valence-corrected chi connectivity index (χ3v) is 4.56. The second kappa shape index (κ2) is 5.81. The predicted octanol–water partition coefficient (Wildman–Crippen LogP) is 4.22. The van der Waals surface area contributed by atoms with Crippen LogP contribution < -0.4 is 0 Å². The average Bonchev–Trinajstić information content (AvgIpc) is 2.88. The van der Waals surface area contributed by atoms with Crippen LogP contribution in [0.3, 0.4) is 0 Å². The van der Waals surface area contributed by atoms with E-state index >= 15 is 0 Å². The summed E-state index contributed by atoms with van der Waals surface area (Å²) in [5.74, 6) is -0.359. The highest BCUT2D eigenvalue weighted by atomic mass is 16.5. The average molecular weight is 330 g/mol. The van der Waals surface area contributed by atoms with Gasteiger partial charge in [-0.05, 0) is 49.6 Å². The number of ether oxygens (including phenoxy) is 1. The Balaban J connectivity index is 2.00. The van der Waals surface area contributed by atoms with Gasteiger partial charge in [0.15, 0.2) is 0 Å². The summed E-state index contributed by atoms with van der Waals surface area (Å²) in [6.45, 7) is 6.28. The third-order valence-electron chi connectivity index (χ3n) is 4.56. The van der Waals surface area contributed by atoms with E-state index in [4.69, 9.17) is 14.7 Å². The largest absolute Gasteiger partial charge is 0.463 e. The lowest BCUT2D eigenvalue weighted by Crippen LogP contribution is -2.01. The summed E-state index contributed by atoms with van der Waals surface area (Å²) >= 11 is 0. The molecule has 2 aromatic carbocycles. The first kappa shape index (κ1) is 15.5. The highest BCUT2D eigenvalue weighted by Gasteiger charge is 2.27. The second-order valence-electron chi connectivity index (χ2n) is 6.20. The van der Waals surface area contributed by atoms with Gasteiger partial charge in [-0.25, -0.2) is 14.8 Å². The van der Waals surface area contributed by atoms with Crippen molar-refractivity contribution in [2.45, 2.75) is 20.8 Å². The summed E-state index contributed by atoms with van der Waals surface area (Å²) in [5.41, 5.74) is 8.38. The van der Waals surface area contributed by atoms with Gasteiger partial charge in [0, 0.05) is 17.2 Å². The lowest BCUT2D eigenvalue weighted by Gasteiger charge is -2.06. The predicted molar refractivity (Wildman–Crippen MR) is 98.2 cm³/mol. The van der Waals surface area contributed by atoms with Crippen LogP contribution in [0.5, 0.6) is 0 Å². The molecule has 1 aliphatic carbocycles. The number of hydrogen-bond donors (Lipinski definition) is 0. The van der Waals surface area contributed by atoms with E-state index < -0.39 is 0 Å². The van der Waals surface area contributed by atoms with Crippen LogP contribution in [0.1, 0.15) is 29.3 Å². The molecule has 3 aromatic rings. The summed E-state index contributed by atoms with van der Waals surface area (Å²) < 4.78 is 5.09. The van der Waals surface area contributed by atoms with Crippen molar-refractivity contribution in [2.24, 2.45) is 0 Å². The molecule has 25 heavy (non-hydrogen) atoms. The van der Waals surface area contributed by atoms with Crippen LogP contribution in [0, 0.1) is 13.8 Å². The summed E-state index contributed by atoms with van der Waals surface area (Å²) in [6.07, 6.45) is 1.52. The Morgan fingerprint density at radius 3 is 2.24 bits per heavy atom. The van der Waals surface area contributed by atoms with Crippen molar-refractivity contribution < 1.29 is 9.53 Å². The fraction of sp³-hybridized carbons (Fsp3) is 0.190.